The van der Waals surface area contributed by atoms with Crippen molar-refractivity contribution in [3.05, 3.63) is 0 Å². The van der Waals surface area contributed by atoms with Crippen LogP contribution in [0.25, 0.3) is 0 Å². The first kappa shape index (κ1) is 12.4. The molecule has 0 aromatic rings. The lowest BCUT2D eigenvalue weighted by Gasteiger charge is -2.35. The zero-order chi connectivity index (χ0) is 11.2. The van der Waals surface area contributed by atoms with Crippen LogP contribution in [0.3, 0.4) is 0 Å². The maximum atomic E-state index is 3.91. The third kappa shape index (κ3) is 3.46. The van der Waals surface area contributed by atoms with Crippen molar-refractivity contribution in [1.82, 2.24) is 10.6 Å². The molecule has 1 saturated carbocycles. The molecule has 1 aliphatic heterocycles. The number of hydrogen-bond donors (Lipinski definition) is 2. The smallest absolute Gasteiger partial charge is 0.0195 e. The molecule has 16 heavy (non-hydrogen) atoms. The van der Waals surface area contributed by atoms with Crippen LogP contribution < -0.4 is 10.6 Å². The third-order valence-corrected chi connectivity index (χ3v) is 4.41. The first-order valence-electron chi connectivity index (χ1n) is 7.37. The molecule has 1 heterocycles. The van der Waals surface area contributed by atoms with Crippen LogP contribution in [0, 0.1) is 5.92 Å². The Bertz CT molecular complexity index is 181. The van der Waals surface area contributed by atoms with Gasteiger partial charge >= 0.3 is 0 Å². The van der Waals surface area contributed by atoms with Gasteiger partial charge in [-0.2, -0.15) is 0 Å². The summed E-state index contributed by atoms with van der Waals surface area (Å²) in [5.41, 5.74) is 0. The maximum Gasteiger partial charge on any atom is 0.0195 e. The van der Waals surface area contributed by atoms with E-state index in [4.69, 9.17) is 0 Å². The molecule has 94 valence electrons. The van der Waals surface area contributed by atoms with E-state index in [-0.39, 0.29) is 0 Å². The minimum Gasteiger partial charge on any atom is -0.315 e. The van der Waals surface area contributed by atoms with Crippen LogP contribution in [0.2, 0.25) is 0 Å². The molecule has 2 N–H and O–H groups in total. The van der Waals surface area contributed by atoms with E-state index in [0.717, 1.165) is 18.0 Å². The molecular formula is C14H28N2. The molecule has 0 bridgehead atoms. The lowest BCUT2D eigenvalue weighted by Crippen LogP contribution is -2.49. The number of hydrogen-bond acceptors (Lipinski definition) is 2. The summed E-state index contributed by atoms with van der Waals surface area (Å²) in [5, 5.41) is 7.42. The van der Waals surface area contributed by atoms with Gasteiger partial charge in [0.2, 0.25) is 0 Å². The molecule has 2 unspecified atom stereocenters. The molecule has 2 heteroatoms. The van der Waals surface area contributed by atoms with Gasteiger partial charge in [-0.05, 0) is 44.6 Å². The van der Waals surface area contributed by atoms with Gasteiger partial charge in [-0.1, -0.05) is 26.2 Å². The van der Waals surface area contributed by atoms with Crippen molar-refractivity contribution < 1.29 is 0 Å². The second kappa shape index (κ2) is 6.61. The largest absolute Gasteiger partial charge is 0.315 e. The zero-order valence-corrected chi connectivity index (χ0v) is 10.8. The summed E-state index contributed by atoms with van der Waals surface area (Å²) in [4.78, 5) is 0. The number of rotatable bonds is 4. The Morgan fingerprint density at radius 1 is 1.12 bits per heavy atom. The summed E-state index contributed by atoms with van der Waals surface area (Å²) in [5.74, 6) is 0.959. The lowest BCUT2D eigenvalue weighted by atomic mass is 9.82. The van der Waals surface area contributed by atoms with Crippen molar-refractivity contribution in [2.24, 2.45) is 5.92 Å². The van der Waals surface area contributed by atoms with E-state index in [0.29, 0.717) is 0 Å². The quantitative estimate of drug-likeness (QED) is 0.767. The average Bonchev–Trinajstić information content (AvgIpc) is 2.38. The topological polar surface area (TPSA) is 24.1 Å². The van der Waals surface area contributed by atoms with Crippen molar-refractivity contribution in [1.29, 1.82) is 0 Å². The highest BCUT2D eigenvalue weighted by molar-refractivity contribution is 4.84. The first-order chi connectivity index (χ1) is 7.90. The minimum atomic E-state index is 0.737. The normalized spacial score (nSPS) is 30.2. The monoisotopic (exact) mass is 224 g/mol. The van der Waals surface area contributed by atoms with E-state index in [1.807, 2.05) is 0 Å². The molecule has 0 amide bonds. The summed E-state index contributed by atoms with van der Waals surface area (Å²) in [6.45, 7) is 4.75. The Labute approximate surface area is 101 Å². The summed E-state index contributed by atoms with van der Waals surface area (Å²) in [7, 11) is 0. The standard InChI is InChI=1S/C14H28N2/c1-2-14(12-7-4-3-5-8-12)16-13-9-6-10-15-11-13/h12-16H,2-11H2,1H3. The van der Waals surface area contributed by atoms with Gasteiger partial charge in [0.1, 0.15) is 0 Å². The van der Waals surface area contributed by atoms with Crippen molar-refractivity contribution in [3.63, 3.8) is 0 Å². The Balaban J connectivity index is 1.78. The van der Waals surface area contributed by atoms with Crippen LogP contribution in [0.15, 0.2) is 0 Å². The molecule has 0 radical (unpaired) electrons. The third-order valence-electron chi connectivity index (χ3n) is 4.41. The van der Waals surface area contributed by atoms with E-state index in [1.165, 1.54) is 64.5 Å². The molecule has 2 fully saturated rings. The minimum absolute atomic E-state index is 0.737. The molecule has 2 nitrogen and oxygen atoms in total. The molecule has 0 spiro atoms. The fraction of sp³-hybridized carbons (Fsp3) is 1.00. The fourth-order valence-corrected chi connectivity index (χ4v) is 3.42. The predicted molar refractivity (Wildman–Crippen MR) is 69.7 cm³/mol. The Hall–Kier alpha value is -0.0800. The van der Waals surface area contributed by atoms with Gasteiger partial charge in [-0.25, -0.2) is 0 Å². The van der Waals surface area contributed by atoms with Gasteiger partial charge in [0.05, 0.1) is 0 Å². The Morgan fingerprint density at radius 2 is 1.94 bits per heavy atom. The van der Waals surface area contributed by atoms with E-state index in [1.54, 1.807) is 0 Å². The summed E-state index contributed by atoms with van der Waals surface area (Å²) >= 11 is 0. The van der Waals surface area contributed by atoms with Gasteiger partial charge in [0, 0.05) is 18.6 Å². The first-order valence-corrected chi connectivity index (χ1v) is 7.37. The number of piperidine rings is 1. The SMILES string of the molecule is CCC(NC1CCCNC1)C1CCCCC1. The second-order valence-electron chi connectivity index (χ2n) is 5.62. The van der Waals surface area contributed by atoms with Gasteiger partial charge in [-0.15, -0.1) is 0 Å². The molecule has 1 aliphatic carbocycles. The molecule has 0 aromatic carbocycles. The molecule has 0 aromatic heterocycles. The second-order valence-corrected chi connectivity index (χ2v) is 5.62. The van der Waals surface area contributed by atoms with Gasteiger partial charge in [0.25, 0.3) is 0 Å². The van der Waals surface area contributed by atoms with Crippen LogP contribution in [0.1, 0.15) is 58.3 Å². The van der Waals surface area contributed by atoms with Crippen molar-refractivity contribution in [2.45, 2.75) is 70.4 Å². The van der Waals surface area contributed by atoms with Crippen LogP contribution in [-0.2, 0) is 0 Å². The zero-order valence-electron chi connectivity index (χ0n) is 10.8. The molecule has 2 aliphatic rings. The summed E-state index contributed by atoms with van der Waals surface area (Å²) < 4.78 is 0. The molecular weight excluding hydrogens is 196 g/mol. The van der Waals surface area contributed by atoms with Gasteiger partial charge in [-0.3, -0.25) is 0 Å². The number of nitrogens with one attached hydrogen (secondary N) is 2. The average molecular weight is 224 g/mol. The summed E-state index contributed by atoms with van der Waals surface area (Å²) in [6, 6.07) is 1.52. The van der Waals surface area contributed by atoms with Crippen LogP contribution >= 0.6 is 0 Å². The van der Waals surface area contributed by atoms with Crippen LogP contribution in [0.5, 0.6) is 0 Å². The highest BCUT2D eigenvalue weighted by atomic mass is 15.0. The Kier molecular flexibility index (Phi) is 5.11. The van der Waals surface area contributed by atoms with Gasteiger partial charge < -0.3 is 10.6 Å². The highest BCUT2D eigenvalue weighted by Gasteiger charge is 2.24. The van der Waals surface area contributed by atoms with E-state index >= 15 is 0 Å². The Morgan fingerprint density at radius 3 is 2.56 bits per heavy atom. The summed E-state index contributed by atoms with van der Waals surface area (Å²) in [6.07, 6.45) is 11.4. The van der Waals surface area contributed by atoms with Crippen molar-refractivity contribution >= 4 is 0 Å². The van der Waals surface area contributed by atoms with Crippen molar-refractivity contribution in [3.8, 4) is 0 Å². The molecule has 2 atom stereocenters. The van der Waals surface area contributed by atoms with E-state index in [2.05, 4.69) is 17.6 Å². The van der Waals surface area contributed by atoms with Crippen molar-refractivity contribution in [2.75, 3.05) is 13.1 Å². The van der Waals surface area contributed by atoms with E-state index < -0.39 is 0 Å². The van der Waals surface area contributed by atoms with E-state index in [9.17, 15) is 0 Å². The van der Waals surface area contributed by atoms with Crippen LogP contribution in [0.4, 0.5) is 0 Å². The van der Waals surface area contributed by atoms with Crippen LogP contribution in [-0.4, -0.2) is 25.2 Å². The highest BCUT2D eigenvalue weighted by Crippen LogP contribution is 2.28. The molecule has 1 saturated heterocycles. The van der Waals surface area contributed by atoms with Gasteiger partial charge in [0.15, 0.2) is 0 Å². The lowest BCUT2D eigenvalue weighted by molar-refractivity contribution is 0.231. The molecule has 2 rings (SSSR count). The fourth-order valence-electron chi connectivity index (χ4n) is 3.42. The maximum absolute atomic E-state index is 3.91. The predicted octanol–water partition coefficient (Wildman–Crippen LogP) is 2.69.